The summed E-state index contributed by atoms with van der Waals surface area (Å²) in [6.45, 7) is 2.11. The van der Waals surface area contributed by atoms with Gasteiger partial charge in [-0.3, -0.25) is 0 Å². The number of rotatable bonds is 4. The Bertz CT molecular complexity index is 534. The molecule has 18 heavy (non-hydrogen) atoms. The van der Waals surface area contributed by atoms with Crippen LogP contribution in [0.25, 0.3) is 0 Å². The van der Waals surface area contributed by atoms with Crippen LogP contribution in [0.2, 0.25) is 5.02 Å². The van der Waals surface area contributed by atoms with Gasteiger partial charge in [0, 0.05) is 36.9 Å². The number of nitrogens with one attached hydrogen (secondary N) is 1. The molecule has 0 aliphatic carbocycles. The van der Waals surface area contributed by atoms with Gasteiger partial charge in [0.15, 0.2) is 0 Å². The minimum absolute atomic E-state index is 0.227. The molecule has 0 radical (unpaired) electrons. The summed E-state index contributed by atoms with van der Waals surface area (Å²) in [4.78, 5) is 4.37. The van der Waals surface area contributed by atoms with Crippen LogP contribution in [0, 0.1) is 6.92 Å². The third-order valence-electron chi connectivity index (χ3n) is 3.27. The Morgan fingerprint density at radius 2 is 2.22 bits per heavy atom. The predicted molar refractivity (Wildman–Crippen MR) is 74.9 cm³/mol. The second-order valence-corrected chi connectivity index (χ2v) is 4.94. The van der Waals surface area contributed by atoms with Gasteiger partial charge in [-0.1, -0.05) is 17.7 Å². The zero-order valence-corrected chi connectivity index (χ0v) is 11.7. The molecule has 0 spiro atoms. The molecule has 2 aromatic rings. The van der Waals surface area contributed by atoms with Crippen molar-refractivity contribution >= 4 is 11.6 Å². The van der Waals surface area contributed by atoms with E-state index in [1.165, 1.54) is 11.1 Å². The molecule has 0 fully saturated rings. The van der Waals surface area contributed by atoms with E-state index in [1.807, 2.05) is 43.2 Å². The fourth-order valence-corrected chi connectivity index (χ4v) is 2.31. The molecule has 0 saturated heterocycles. The van der Waals surface area contributed by atoms with Crippen molar-refractivity contribution in [2.75, 3.05) is 7.05 Å². The van der Waals surface area contributed by atoms with E-state index < -0.39 is 0 Å². The van der Waals surface area contributed by atoms with Crippen LogP contribution in [0.4, 0.5) is 0 Å². The Hall–Kier alpha value is -1.32. The van der Waals surface area contributed by atoms with Crippen molar-refractivity contribution in [2.45, 2.75) is 19.4 Å². The Balaban J connectivity index is 2.28. The molecule has 1 atom stereocenters. The number of nitrogens with zero attached hydrogens (tertiary/aromatic N) is 2. The van der Waals surface area contributed by atoms with Crippen molar-refractivity contribution in [1.29, 1.82) is 0 Å². The largest absolute Gasteiger partial charge is 0.338 e. The summed E-state index contributed by atoms with van der Waals surface area (Å²) in [5.41, 5.74) is 2.47. The number of aryl methyl sites for hydroxylation is 2. The number of hydrogen-bond donors (Lipinski definition) is 1. The SMILES string of the molecule is CNC(Cc1nccn1C)c1cc(Cl)ccc1C. The first-order valence-electron chi connectivity index (χ1n) is 6.01. The molecule has 0 aliphatic rings. The van der Waals surface area contributed by atoms with Gasteiger partial charge in [-0.2, -0.15) is 0 Å². The van der Waals surface area contributed by atoms with Crippen LogP contribution in [0.1, 0.15) is 23.0 Å². The van der Waals surface area contributed by atoms with Gasteiger partial charge >= 0.3 is 0 Å². The second kappa shape index (κ2) is 5.55. The molecule has 0 saturated carbocycles. The smallest absolute Gasteiger partial charge is 0.110 e. The van der Waals surface area contributed by atoms with Gasteiger partial charge in [0.1, 0.15) is 5.82 Å². The summed E-state index contributed by atoms with van der Waals surface area (Å²) in [6.07, 6.45) is 4.64. The van der Waals surface area contributed by atoms with Gasteiger partial charge in [-0.15, -0.1) is 0 Å². The van der Waals surface area contributed by atoms with Crippen LogP contribution in [0.15, 0.2) is 30.6 Å². The molecule has 1 unspecified atom stereocenters. The normalized spacial score (nSPS) is 12.7. The number of likely N-dealkylation sites (N-methyl/N-ethyl adjacent to an activating group) is 1. The summed E-state index contributed by atoms with van der Waals surface area (Å²) in [5.74, 6) is 1.06. The molecule has 1 N–H and O–H groups in total. The number of halogens is 1. The Kier molecular flexibility index (Phi) is 4.04. The maximum absolute atomic E-state index is 6.08. The summed E-state index contributed by atoms with van der Waals surface area (Å²) in [5, 5.41) is 4.11. The molecule has 1 aromatic carbocycles. The first-order valence-corrected chi connectivity index (χ1v) is 6.39. The lowest BCUT2D eigenvalue weighted by Crippen LogP contribution is -2.21. The van der Waals surface area contributed by atoms with Crippen molar-refractivity contribution in [3.8, 4) is 0 Å². The number of aromatic nitrogens is 2. The van der Waals surface area contributed by atoms with Gasteiger partial charge in [0.05, 0.1) is 0 Å². The van der Waals surface area contributed by atoms with Crippen LogP contribution in [-0.2, 0) is 13.5 Å². The fraction of sp³-hybridized carbons (Fsp3) is 0.357. The van der Waals surface area contributed by atoms with Gasteiger partial charge in [0.2, 0.25) is 0 Å². The molecule has 96 valence electrons. The summed E-state index contributed by atoms with van der Waals surface area (Å²) < 4.78 is 2.05. The van der Waals surface area contributed by atoms with Crippen LogP contribution in [-0.4, -0.2) is 16.6 Å². The highest BCUT2D eigenvalue weighted by Crippen LogP contribution is 2.24. The molecule has 0 amide bonds. The van der Waals surface area contributed by atoms with E-state index in [-0.39, 0.29) is 6.04 Å². The number of imidazole rings is 1. The quantitative estimate of drug-likeness (QED) is 0.919. The average molecular weight is 264 g/mol. The van der Waals surface area contributed by atoms with Crippen LogP contribution >= 0.6 is 11.6 Å². The lowest BCUT2D eigenvalue weighted by molar-refractivity contribution is 0.561. The Morgan fingerprint density at radius 1 is 1.44 bits per heavy atom. The molecule has 1 heterocycles. The zero-order valence-electron chi connectivity index (χ0n) is 10.9. The fourth-order valence-electron chi connectivity index (χ4n) is 2.13. The van der Waals surface area contributed by atoms with E-state index in [1.54, 1.807) is 0 Å². The number of hydrogen-bond acceptors (Lipinski definition) is 2. The Morgan fingerprint density at radius 3 is 2.83 bits per heavy atom. The van der Waals surface area contributed by atoms with Gasteiger partial charge in [0.25, 0.3) is 0 Å². The standard InChI is InChI=1S/C14H18ClN3/c1-10-4-5-11(15)8-12(10)13(16-2)9-14-17-6-7-18(14)3/h4-8,13,16H,9H2,1-3H3. The average Bonchev–Trinajstić information content (AvgIpc) is 2.75. The minimum atomic E-state index is 0.227. The van der Waals surface area contributed by atoms with Crippen LogP contribution < -0.4 is 5.32 Å². The highest BCUT2D eigenvalue weighted by Gasteiger charge is 2.15. The molecular formula is C14H18ClN3. The summed E-state index contributed by atoms with van der Waals surface area (Å²) in [6, 6.07) is 6.24. The van der Waals surface area contributed by atoms with Gasteiger partial charge in [-0.05, 0) is 37.2 Å². The van der Waals surface area contributed by atoms with Crippen LogP contribution in [0.3, 0.4) is 0 Å². The van der Waals surface area contributed by atoms with Crippen molar-refractivity contribution in [3.63, 3.8) is 0 Å². The molecule has 4 heteroatoms. The van der Waals surface area contributed by atoms with Gasteiger partial charge < -0.3 is 9.88 Å². The summed E-state index contributed by atoms with van der Waals surface area (Å²) in [7, 11) is 3.98. The monoisotopic (exact) mass is 263 g/mol. The van der Waals surface area contributed by atoms with E-state index in [4.69, 9.17) is 11.6 Å². The predicted octanol–water partition coefficient (Wildman–Crippen LogP) is 2.89. The second-order valence-electron chi connectivity index (χ2n) is 4.50. The van der Waals surface area contributed by atoms with Gasteiger partial charge in [-0.25, -0.2) is 4.98 Å². The molecule has 0 bridgehead atoms. The van der Waals surface area contributed by atoms with Crippen molar-refractivity contribution in [3.05, 3.63) is 52.6 Å². The maximum Gasteiger partial charge on any atom is 0.110 e. The zero-order chi connectivity index (χ0) is 13.1. The van der Waals surface area contributed by atoms with E-state index in [0.29, 0.717) is 0 Å². The topological polar surface area (TPSA) is 29.9 Å². The first kappa shape index (κ1) is 13.1. The van der Waals surface area contributed by atoms with E-state index >= 15 is 0 Å². The maximum atomic E-state index is 6.08. The molecular weight excluding hydrogens is 246 g/mol. The van der Waals surface area contributed by atoms with Crippen molar-refractivity contribution in [2.24, 2.45) is 7.05 Å². The lowest BCUT2D eigenvalue weighted by Gasteiger charge is -2.19. The summed E-state index contributed by atoms with van der Waals surface area (Å²) >= 11 is 6.08. The van der Waals surface area contributed by atoms with Crippen LogP contribution in [0.5, 0.6) is 0 Å². The van der Waals surface area contributed by atoms with E-state index in [9.17, 15) is 0 Å². The molecule has 2 rings (SSSR count). The lowest BCUT2D eigenvalue weighted by atomic mass is 9.98. The molecule has 0 aliphatic heterocycles. The molecule has 1 aromatic heterocycles. The van der Waals surface area contributed by atoms with Crippen molar-refractivity contribution in [1.82, 2.24) is 14.9 Å². The highest BCUT2D eigenvalue weighted by molar-refractivity contribution is 6.30. The third kappa shape index (κ3) is 2.74. The third-order valence-corrected chi connectivity index (χ3v) is 3.51. The van der Waals surface area contributed by atoms with E-state index in [2.05, 4.69) is 23.3 Å². The number of benzene rings is 1. The van der Waals surface area contributed by atoms with E-state index in [0.717, 1.165) is 17.3 Å². The van der Waals surface area contributed by atoms with Crippen molar-refractivity contribution < 1.29 is 0 Å². The Labute approximate surface area is 113 Å². The molecule has 3 nitrogen and oxygen atoms in total. The minimum Gasteiger partial charge on any atom is -0.338 e. The first-order chi connectivity index (χ1) is 8.61. The highest BCUT2D eigenvalue weighted by atomic mass is 35.5.